The molecule has 0 saturated carbocycles. The van der Waals surface area contributed by atoms with Crippen LogP contribution in [0.25, 0.3) is 33.2 Å². The number of hydrogen-bond acceptors (Lipinski definition) is 7. The molecule has 14 nitrogen and oxygen atoms in total. The Morgan fingerprint density at radius 2 is 1.71 bits per heavy atom. The molecule has 0 aliphatic carbocycles. The van der Waals surface area contributed by atoms with Crippen LogP contribution in [0.2, 0.25) is 0 Å². The van der Waals surface area contributed by atoms with Gasteiger partial charge in [-0.1, -0.05) is 26.5 Å². The van der Waals surface area contributed by atoms with Crippen molar-refractivity contribution in [2.24, 2.45) is 0 Å². The van der Waals surface area contributed by atoms with Crippen molar-refractivity contribution in [3.8, 4) is 0 Å². The number of phosphoric ester groups is 1. The van der Waals surface area contributed by atoms with E-state index in [1.165, 1.54) is 0 Å². The monoisotopic (exact) mass is 719 g/mol. The number of hydrogen-bond donors (Lipinski definition) is 7. The molecule has 2 aliphatic rings. The Morgan fingerprint density at radius 3 is 2.33 bits per heavy atom. The Kier molecular flexibility index (Phi) is 10.8. The number of aromatic carboxylic acids is 1. The molecule has 5 heterocycles. The number of rotatable bonds is 12. The molecule has 2 atom stereocenters. The van der Waals surface area contributed by atoms with E-state index in [0.717, 1.165) is 33.3 Å². The maximum atomic E-state index is 13.5. The van der Waals surface area contributed by atoms with Gasteiger partial charge in [-0.05, 0) is 74.1 Å². The molecular weight excluding hydrogens is 677 g/mol. The van der Waals surface area contributed by atoms with E-state index >= 15 is 0 Å². The summed E-state index contributed by atoms with van der Waals surface area (Å²) in [5, 5.41) is 22.8. The SMILES string of the molecule is C=CC1=C(C)c2cc3nc(c(CC(=O)NCCOP(=O)(O)O)c4[nH]c(cc5[nH]c(cc1n2)c(C)c5CC)c(C)c4C(=O)O)C(CCC(=O)O)C3C. The quantitative estimate of drug-likeness (QED) is 0.0870. The van der Waals surface area contributed by atoms with Crippen LogP contribution in [0.5, 0.6) is 0 Å². The molecule has 0 aromatic carbocycles. The largest absolute Gasteiger partial charge is 0.481 e. The van der Waals surface area contributed by atoms with E-state index in [9.17, 15) is 29.2 Å². The Hall–Kier alpha value is -4.88. The summed E-state index contributed by atoms with van der Waals surface area (Å²) in [6.07, 6.45) is 2.02. The zero-order chi connectivity index (χ0) is 37.4. The molecule has 51 heavy (non-hydrogen) atoms. The van der Waals surface area contributed by atoms with Crippen LogP contribution in [0.15, 0.2) is 30.9 Å². The summed E-state index contributed by atoms with van der Waals surface area (Å²) in [7, 11) is -4.76. The fourth-order valence-corrected chi connectivity index (χ4v) is 7.29. The highest BCUT2D eigenvalue weighted by Gasteiger charge is 2.34. The van der Waals surface area contributed by atoms with Gasteiger partial charge in [0, 0.05) is 58.2 Å². The summed E-state index contributed by atoms with van der Waals surface area (Å²) in [6, 6.07) is 5.65. The van der Waals surface area contributed by atoms with Crippen LogP contribution in [0.1, 0.15) is 101 Å². The maximum Gasteiger partial charge on any atom is 0.469 e. The Labute approximate surface area is 294 Å². The fourth-order valence-electron chi connectivity index (χ4n) is 6.96. The van der Waals surface area contributed by atoms with Gasteiger partial charge in [0.25, 0.3) is 0 Å². The minimum atomic E-state index is -4.76. The number of nitrogens with one attached hydrogen (secondary N) is 3. The van der Waals surface area contributed by atoms with Crippen LogP contribution in [-0.2, 0) is 31.5 Å². The van der Waals surface area contributed by atoms with E-state index in [4.69, 9.17) is 19.8 Å². The summed E-state index contributed by atoms with van der Waals surface area (Å²) < 4.78 is 15.6. The topological polar surface area (TPSA) is 228 Å². The number of allylic oxidation sites excluding steroid dienone is 3. The first-order valence-electron chi connectivity index (χ1n) is 16.6. The van der Waals surface area contributed by atoms with Crippen LogP contribution in [0.3, 0.4) is 0 Å². The van der Waals surface area contributed by atoms with Crippen LogP contribution < -0.4 is 5.32 Å². The predicted molar refractivity (Wildman–Crippen MR) is 192 cm³/mol. The molecule has 5 rings (SSSR count). The number of aryl methyl sites for hydroxylation is 3. The smallest absolute Gasteiger partial charge is 0.469 e. The predicted octanol–water partition coefficient (Wildman–Crippen LogP) is 5.83. The Balaban J connectivity index is 1.90. The first-order valence-corrected chi connectivity index (χ1v) is 18.1. The third-order valence-electron chi connectivity index (χ3n) is 9.64. The van der Waals surface area contributed by atoms with Gasteiger partial charge in [-0.25, -0.2) is 14.3 Å². The van der Waals surface area contributed by atoms with Gasteiger partial charge < -0.3 is 35.3 Å². The lowest BCUT2D eigenvalue weighted by molar-refractivity contribution is -0.137. The lowest BCUT2D eigenvalue weighted by Gasteiger charge is -2.17. The number of nitrogens with zero attached hydrogens (tertiary/aromatic N) is 2. The van der Waals surface area contributed by atoms with Crippen molar-refractivity contribution in [1.29, 1.82) is 0 Å². The molecule has 7 N–H and O–H groups in total. The van der Waals surface area contributed by atoms with Gasteiger partial charge in [-0.3, -0.25) is 19.1 Å². The molecule has 2 unspecified atom stereocenters. The lowest BCUT2D eigenvalue weighted by atomic mass is 9.85. The number of carbonyl (C=O) groups is 3. The van der Waals surface area contributed by atoms with E-state index in [1.807, 2.05) is 45.9 Å². The molecule has 0 radical (unpaired) electrons. The Morgan fingerprint density at radius 1 is 1.00 bits per heavy atom. The van der Waals surface area contributed by atoms with Gasteiger partial charge in [0.15, 0.2) is 0 Å². The highest BCUT2D eigenvalue weighted by atomic mass is 31.2. The zero-order valence-electron chi connectivity index (χ0n) is 29.1. The Bertz CT molecular complexity index is 2190. The van der Waals surface area contributed by atoms with E-state index in [1.54, 1.807) is 13.0 Å². The molecule has 3 aromatic heterocycles. The second kappa shape index (κ2) is 14.8. The van der Waals surface area contributed by atoms with E-state index < -0.39 is 38.2 Å². The fraction of sp³-hybridized carbons (Fsp3) is 0.361. The second-order valence-corrected chi connectivity index (χ2v) is 14.0. The van der Waals surface area contributed by atoms with Crippen molar-refractivity contribution in [2.75, 3.05) is 13.2 Å². The van der Waals surface area contributed by atoms with Gasteiger partial charge in [0.05, 0.1) is 41.2 Å². The molecule has 8 bridgehead atoms. The first kappa shape index (κ1) is 37.4. The number of aliphatic carboxylic acids is 1. The summed E-state index contributed by atoms with van der Waals surface area (Å²) in [4.78, 5) is 73.0. The number of carboxylic acids is 2. The lowest BCUT2D eigenvalue weighted by Crippen LogP contribution is -2.29. The molecule has 15 heteroatoms. The summed E-state index contributed by atoms with van der Waals surface area (Å²) in [5.74, 6) is -3.69. The third kappa shape index (κ3) is 7.74. The van der Waals surface area contributed by atoms with Gasteiger partial charge in [-0.2, -0.15) is 0 Å². The maximum absolute atomic E-state index is 13.5. The number of phosphoric acid groups is 1. The van der Waals surface area contributed by atoms with E-state index in [-0.39, 0.29) is 48.4 Å². The van der Waals surface area contributed by atoms with Crippen molar-refractivity contribution >= 4 is 58.9 Å². The minimum Gasteiger partial charge on any atom is -0.481 e. The minimum absolute atomic E-state index is 0.0653. The molecule has 3 aromatic rings. The van der Waals surface area contributed by atoms with Crippen LogP contribution in [0.4, 0.5) is 0 Å². The van der Waals surface area contributed by atoms with Gasteiger partial charge in [0.1, 0.15) is 0 Å². The molecule has 0 spiro atoms. The first-order chi connectivity index (χ1) is 24.0. The summed E-state index contributed by atoms with van der Waals surface area (Å²) in [6.45, 7) is 12.9. The summed E-state index contributed by atoms with van der Waals surface area (Å²) >= 11 is 0. The number of fused-ring (bicyclic) bond motifs is 8. The van der Waals surface area contributed by atoms with Crippen LogP contribution in [-0.4, -0.2) is 70.9 Å². The second-order valence-electron chi connectivity index (χ2n) is 12.8. The highest BCUT2D eigenvalue weighted by molar-refractivity contribution is 7.46. The molecule has 270 valence electrons. The van der Waals surface area contributed by atoms with Crippen molar-refractivity contribution in [3.63, 3.8) is 0 Å². The van der Waals surface area contributed by atoms with Gasteiger partial charge in [0.2, 0.25) is 5.91 Å². The van der Waals surface area contributed by atoms with Crippen molar-refractivity contribution in [1.82, 2.24) is 25.3 Å². The third-order valence-corrected chi connectivity index (χ3v) is 10.2. The van der Waals surface area contributed by atoms with E-state index in [2.05, 4.69) is 26.4 Å². The average Bonchev–Trinajstić information content (AvgIpc) is 3.73. The van der Waals surface area contributed by atoms with Gasteiger partial charge >= 0.3 is 19.8 Å². The number of aromatic nitrogens is 4. The molecule has 2 aliphatic heterocycles. The number of aromatic amines is 2. The van der Waals surface area contributed by atoms with Gasteiger partial charge in [-0.15, -0.1) is 0 Å². The zero-order valence-corrected chi connectivity index (χ0v) is 30.0. The number of H-pyrrole nitrogens is 2. The van der Waals surface area contributed by atoms with Crippen LogP contribution >= 0.6 is 7.82 Å². The normalized spacial score (nSPS) is 16.0. The summed E-state index contributed by atoms with van der Waals surface area (Å²) in [5.41, 5.74) is 8.92. The van der Waals surface area contributed by atoms with Crippen molar-refractivity contribution in [3.05, 3.63) is 81.4 Å². The average molecular weight is 720 g/mol. The standard InChI is InChI=1S/C36H42N5O9P/c1-7-21-17(3)25-14-27-19(5)23(9-10-32(43)44)34(40-27)24(13-31(42)37-11-12-50-51(47,48)49)35-33(36(45)46)20(6)28(41-35)16-30-22(8-2)18(4)26(39-30)15-29(21)38-25/h7,14-16,19,23,39,41H,1,8-13H2,2-6H3,(H,37,42)(H,43,44)(H,45,46)(H2,47,48,49). The molecule has 1 amide bonds. The number of amides is 1. The van der Waals surface area contributed by atoms with Crippen LogP contribution in [0, 0.1) is 13.8 Å². The van der Waals surface area contributed by atoms with Crippen molar-refractivity contribution < 1.29 is 43.5 Å². The molecular formula is C36H42N5O9P. The number of carbonyl (C=O) groups excluding carboxylic acids is 1. The molecule has 0 fully saturated rings. The number of carboxylic acid groups (broad SMARTS) is 2. The highest BCUT2D eigenvalue weighted by Crippen LogP contribution is 2.43. The van der Waals surface area contributed by atoms with E-state index in [0.29, 0.717) is 40.3 Å². The molecule has 0 saturated heterocycles. The van der Waals surface area contributed by atoms with Crippen molar-refractivity contribution in [2.45, 2.75) is 72.1 Å².